The normalized spacial score (nSPS) is 24.5. The Kier molecular flexibility index (Phi) is 3.23. The summed E-state index contributed by atoms with van der Waals surface area (Å²) in [5.41, 5.74) is -0.841. The van der Waals surface area contributed by atoms with Gasteiger partial charge in [0, 0.05) is 26.0 Å². The minimum Gasteiger partial charge on any atom is -0.362 e. The molecule has 17 heavy (non-hydrogen) atoms. The molecule has 1 aliphatic rings. The van der Waals surface area contributed by atoms with Crippen LogP contribution in [0.5, 0.6) is 0 Å². The molecule has 0 spiro atoms. The molecule has 6 nitrogen and oxygen atoms in total. The van der Waals surface area contributed by atoms with E-state index in [1.807, 2.05) is 4.90 Å². The van der Waals surface area contributed by atoms with E-state index >= 15 is 0 Å². The third kappa shape index (κ3) is 2.36. The van der Waals surface area contributed by atoms with E-state index in [0.717, 1.165) is 0 Å². The Morgan fingerprint density at radius 2 is 2.24 bits per heavy atom. The van der Waals surface area contributed by atoms with E-state index in [1.165, 1.54) is 0 Å². The van der Waals surface area contributed by atoms with Gasteiger partial charge in [0.05, 0.1) is 13.2 Å². The van der Waals surface area contributed by atoms with Crippen LogP contribution in [0.3, 0.4) is 0 Å². The Balaban J connectivity index is 2.15. The first kappa shape index (κ1) is 11.8. The number of aromatic nitrogens is 2. The number of morpholine rings is 1. The van der Waals surface area contributed by atoms with Crippen LogP contribution in [-0.2, 0) is 9.53 Å². The molecule has 1 atom stereocenters. The molecule has 0 bridgehead atoms. The largest absolute Gasteiger partial charge is 0.362 e. The highest BCUT2D eigenvalue weighted by Gasteiger charge is 2.39. The number of rotatable bonds is 2. The summed E-state index contributed by atoms with van der Waals surface area (Å²) in [5.74, 6) is 0.504. The van der Waals surface area contributed by atoms with Crippen molar-refractivity contribution in [2.75, 3.05) is 31.6 Å². The van der Waals surface area contributed by atoms with Crippen LogP contribution < -0.4 is 10.2 Å². The molecule has 1 aliphatic heterocycles. The molecule has 1 N–H and O–H groups in total. The maximum absolute atomic E-state index is 11.8. The fourth-order valence-electron chi connectivity index (χ4n) is 1.90. The number of anilines is 1. The summed E-state index contributed by atoms with van der Waals surface area (Å²) in [7, 11) is 1.61. The minimum atomic E-state index is -0.841. The zero-order valence-electron chi connectivity index (χ0n) is 10.0. The van der Waals surface area contributed by atoms with Gasteiger partial charge in [0.25, 0.3) is 5.91 Å². The highest BCUT2D eigenvalue weighted by Crippen LogP contribution is 2.20. The zero-order valence-corrected chi connectivity index (χ0v) is 10.0. The Hall–Kier alpha value is -1.69. The highest BCUT2D eigenvalue weighted by atomic mass is 16.5. The number of carbonyl (C=O) groups is 1. The van der Waals surface area contributed by atoms with Gasteiger partial charge >= 0.3 is 0 Å². The molecular formula is C11H16N4O2. The lowest BCUT2D eigenvalue weighted by atomic mass is 10.0. The van der Waals surface area contributed by atoms with E-state index in [-0.39, 0.29) is 5.91 Å². The van der Waals surface area contributed by atoms with Crippen molar-refractivity contribution in [2.24, 2.45) is 0 Å². The molecule has 0 aromatic carbocycles. The Bertz CT molecular complexity index is 398. The zero-order chi connectivity index (χ0) is 12.3. The Morgan fingerprint density at radius 3 is 2.88 bits per heavy atom. The van der Waals surface area contributed by atoms with Crippen LogP contribution in [0.2, 0.25) is 0 Å². The number of carbonyl (C=O) groups excluding carboxylic acids is 1. The Morgan fingerprint density at radius 1 is 1.53 bits per heavy atom. The molecule has 1 fully saturated rings. The van der Waals surface area contributed by atoms with Crippen molar-refractivity contribution in [1.29, 1.82) is 0 Å². The van der Waals surface area contributed by atoms with E-state index in [1.54, 1.807) is 32.4 Å². The number of nitrogens with one attached hydrogen (secondary N) is 1. The van der Waals surface area contributed by atoms with E-state index in [0.29, 0.717) is 25.6 Å². The van der Waals surface area contributed by atoms with Crippen molar-refractivity contribution in [3.05, 3.63) is 18.5 Å². The summed E-state index contributed by atoms with van der Waals surface area (Å²) in [6, 6.07) is 1.77. The number of ether oxygens (including phenoxy) is 1. The smallest absolute Gasteiger partial charge is 0.253 e. The molecule has 0 saturated carbocycles. The molecule has 1 saturated heterocycles. The molecule has 2 heterocycles. The summed E-state index contributed by atoms with van der Waals surface area (Å²) in [6.45, 7) is 3.41. The van der Waals surface area contributed by atoms with Crippen molar-refractivity contribution < 1.29 is 9.53 Å². The minimum absolute atomic E-state index is 0.127. The van der Waals surface area contributed by atoms with Crippen molar-refractivity contribution in [1.82, 2.24) is 15.3 Å². The fourth-order valence-corrected chi connectivity index (χ4v) is 1.90. The van der Waals surface area contributed by atoms with Gasteiger partial charge < -0.3 is 15.0 Å². The molecule has 0 aliphatic carbocycles. The lowest BCUT2D eigenvalue weighted by molar-refractivity contribution is -0.145. The summed E-state index contributed by atoms with van der Waals surface area (Å²) in [5, 5.41) is 2.62. The molecule has 2 rings (SSSR count). The summed E-state index contributed by atoms with van der Waals surface area (Å²) in [6.07, 6.45) is 3.38. The van der Waals surface area contributed by atoms with Crippen molar-refractivity contribution >= 4 is 11.9 Å². The molecular weight excluding hydrogens is 220 g/mol. The predicted octanol–water partition coefficient (Wildman–Crippen LogP) is -0.182. The van der Waals surface area contributed by atoms with Crippen molar-refractivity contribution in [3.8, 4) is 0 Å². The first-order valence-electron chi connectivity index (χ1n) is 5.54. The van der Waals surface area contributed by atoms with Crippen LogP contribution in [0.15, 0.2) is 18.5 Å². The average molecular weight is 236 g/mol. The Labute approximate surface area is 100 Å². The predicted molar refractivity (Wildman–Crippen MR) is 62.7 cm³/mol. The van der Waals surface area contributed by atoms with Crippen LogP contribution in [0.1, 0.15) is 6.92 Å². The van der Waals surface area contributed by atoms with E-state index < -0.39 is 5.60 Å². The molecule has 0 unspecified atom stereocenters. The number of hydrogen-bond donors (Lipinski definition) is 1. The lowest BCUT2D eigenvalue weighted by Gasteiger charge is -2.38. The molecule has 92 valence electrons. The van der Waals surface area contributed by atoms with Gasteiger partial charge in [-0.05, 0) is 13.0 Å². The van der Waals surface area contributed by atoms with Gasteiger partial charge in [-0.1, -0.05) is 0 Å². The van der Waals surface area contributed by atoms with Crippen molar-refractivity contribution in [3.63, 3.8) is 0 Å². The van der Waals surface area contributed by atoms with Crippen LogP contribution in [0, 0.1) is 0 Å². The fraction of sp³-hybridized carbons (Fsp3) is 0.545. The first-order valence-corrected chi connectivity index (χ1v) is 5.54. The maximum atomic E-state index is 11.8. The summed E-state index contributed by atoms with van der Waals surface area (Å²) < 4.78 is 5.56. The monoisotopic (exact) mass is 236 g/mol. The van der Waals surface area contributed by atoms with Gasteiger partial charge in [0.2, 0.25) is 5.95 Å². The molecule has 1 amide bonds. The van der Waals surface area contributed by atoms with Crippen molar-refractivity contribution in [2.45, 2.75) is 12.5 Å². The van der Waals surface area contributed by atoms with Crippen LogP contribution >= 0.6 is 0 Å². The number of hydrogen-bond acceptors (Lipinski definition) is 5. The SMILES string of the molecule is CNC(=O)[C@@]1(C)CN(c2ncccn2)CCO1. The van der Waals surface area contributed by atoms with E-state index in [2.05, 4.69) is 15.3 Å². The van der Waals surface area contributed by atoms with Crippen LogP contribution in [0.25, 0.3) is 0 Å². The third-order valence-electron chi connectivity index (χ3n) is 2.82. The topological polar surface area (TPSA) is 67.4 Å². The van der Waals surface area contributed by atoms with Gasteiger partial charge in [0.1, 0.15) is 0 Å². The van der Waals surface area contributed by atoms with Crippen LogP contribution in [0.4, 0.5) is 5.95 Å². The van der Waals surface area contributed by atoms with Crippen LogP contribution in [-0.4, -0.2) is 48.2 Å². The third-order valence-corrected chi connectivity index (χ3v) is 2.82. The lowest BCUT2D eigenvalue weighted by Crippen LogP contribution is -2.58. The molecule has 6 heteroatoms. The first-order chi connectivity index (χ1) is 8.15. The average Bonchev–Trinajstić information content (AvgIpc) is 2.39. The molecule has 1 aromatic rings. The van der Waals surface area contributed by atoms with E-state index in [4.69, 9.17) is 4.74 Å². The summed E-state index contributed by atoms with van der Waals surface area (Å²) >= 11 is 0. The number of amides is 1. The van der Waals surface area contributed by atoms with Gasteiger partial charge in [-0.3, -0.25) is 4.79 Å². The second kappa shape index (κ2) is 4.67. The van der Waals surface area contributed by atoms with Gasteiger partial charge in [-0.15, -0.1) is 0 Å². The quantitative estimate of drug-likeness (QED) is 0.771. The second-order valence-corrected chi connectivity index (χ2v) is 4.13. The summed E-state index contributed by atoms with van der Waals surface area (Å²) in [4.78, 5) is 22.1. The second-order valence-electron chi connectivity index (χ2n) is 4.13. The van der Waals surface area contributed by atoms with Gasteiger partial charge in [-0.25, -0.2) is 9.97 Å². The standard InChI is InChI=1S/C11H16N4O2/c1-11(9(16)12-2)8-15(6-7-17-11)10-13-4-3-5-14-10/h3-5H,6-8H2,1-2H3,(H,12,16)/t11-/m1/s1. The maximum Gasteiger partial charge on any atom is 0.253 e. The highest BCUT2D eigenvalue weighted by molar-refractivity contribution is 5.85. The molecule has 1 aromatic heterocycles. The number of likely N-dealkylation sites (N-methyl/N-ethyl adjacent to an activating group) is 1. The van der Waals surface area contributed by atoms with Gasteiger partial charge in [0.15, 0.2) is 5.60 Å². The van der Waals surface area contributed by atoms with E-state index in [9.17, 15) is 4.79 Å². The molecule has 0 radical (unpaired) electrons. The van der Waals surface area contributed by atoms with Gasteiger partial charge in [-0.2, -0.15) is 0 Å². The number of nitrogens with zero attached hydrogens (tertiary/aromatic N) is 3.